The first-order valence-electron chi connectivity index (χ1n) is 5.03. The van der Waals surface area contributed by atoms with Crippen LogP contribution in [0.2, 0.25) is 0 Å². The summed E-state index contributed by atoms with van der Waals surface area (Å²) in [6.07, 6.45) is -2.80. The summed E-state index contributed by atoms with van der Waals surface area (Å²) >= 11 is 0. The summed E-state index contributed by atoms with van der Waals surface area (Å²) in [4.78, 5) is 7.95. The Balaban J connectivity index is 2.06. The van der Waals surface area contributed by atoms with Crippen LogP contribution in [0.15, 0.2) is 12.3 Å². The van der Waals surface area contributed by atoms with Gasteiger partial charge in [0.15, 0.2) is 6.10 Å². The van der Waals surface area contributed by atoms with Crippen molar-refractivity contribution in [2.75, 3.05) is 0 Å². The van der Waals surface area contributed by atoms with Crippen molar-refractivity contribution in [1.29, 1.82) is 0 Å². The minimum Gasteiger partial charge on any atom is -0.465 e. The predicted molar refractivity (Wildman–Crippen MR) is 50.2 cm³/mol. The zero-order valence-corrected chi connectivity index (χ0v) is 8.66. The maximum absolute atomic E-state index is 12.2. The molecule has 0 aromatic carbocycles. The SMILES string of the molecule is CC(Oc1ccnc(C2CC2)n1)C(F)(F)F. The lowest BCUT2D eigenvalue weighted by Gasteiger charge is -2.16. The molecule has 1 unspecified atom stereocenters. The van der Waals surface area contributed by atoms with Crippen LogP contribution >= 0.6 is 0 Å². The molecule has 2 rings (SSSR count). The van der Waals surface area contributed by atoms with Crippen molar-refractivity contribution in [3.63, 3.8) is 0 Å². The minimum absolute atomic E-state index is 0.0123. The quantitative estimate of drug-likeness (QED) is 0.803. The molecule has 0 aliphatic heterocycles. The van der Waals surface area contributed by atoms with Crippen LogP contribution in [0.1, 0.15) is 31.5 Å². The number of hydrogen-bond donors (Lipinski definition) is 0. The van der Waals surface area contributed by atoms with Crippen LogP contribution in [0, 0.1) is 0 Å². The van der Waals surface area contributed by atoms with Gasteiger partial charge in [0.2, 0.25) is 5.88 Å². The van der Waals surface area contributed by atoms with Crippen LogP contribution < -0.4 is 4.74 Å². The zero-order valence-electron chi connectivity index (χ0n) is 8.66. The van der Waals surface area contributed by atoms with Gasteiger partial charge in [0.1, 0.15) is 5.82 Å². The van der Waals surface area contributed by atoms with Gasteiger partial charge in [0.25, 0.3) is 0 Å². The lowest BCUT2D eigenvalue weighted by molar-refractivity contribution is -0.190. The summed E-state index contributed by atoms with van der Waals surface area (Å²) in [6, 6.07) is 1.34. The molecule has 1 heterocycles. The van der Waals surface area contributed by atoms with E-state index in [4.69, 9.17) is 4.74 Å². The van der Waals surface area contributed by atoms with Crippen LogP contribution in [-0.2, 0) is 0 Å². The normalized spacial score (nSPS) is 18.2. The molecule has 1 saturated carbocycles. The Morgan fingerprint density at radius 3 is 2.69 bits per heavy atom. The Morgan fingerprint density at radius 1 is 1.44 bits per heavy atom. The molecule has 1 aliphatic carbocycles. The second-order valence-electron chi connectivity index (χ2n) is 3.83. The van der Waals surface area contributed by atoms with Crippen molar-refractivity contribution in [1.82, 2.24) is 9.97 Å². The van der Waals surface area contributed by atoms with Gasteiger partial charge in [-0.15, -0.1) is 0 Å². The number of halogens is 3. The van der Waals surface area contributed by atoms with Gasteiger partial charge < -0.3 is 4.74 Å². The Hall–Kier alpha value is -1.33. The number of ether oxygens (including phenoxy) is 1. The van der Waals surface area contributed by atoms with Crippen LogP contribution in [0.25, 0.3) is 0 Å². The van der Waals surface area contributed by atoms with E-state index in [1.807, 2.05) is 0 Å². The Bertz CT molecular complexity index is 377. The largest absolute Gasteiger partial charge is 0.465 e. The first kappa shape index (κ1) is 11.2. The molecular formula is C10H11F3N2O. The van der Waals surface area contributed by atoms with Crippen LogP contribution in [-0.4, -0.2) is 22.2 Å². The van der Waals surface area contributed by atoms with Crippen LogP contribution in [0.5, 0.6) is 5.88 Å². The highest BCUT2D eigenvalue weighted by molar-refractivity contribution is 5.14. The topological polar surface area (TPSA) is 35.0 Å². The van der Waals surface area contributed by atoms with E-state index in [9.17, 15) is 13.2 Å². The fraction of sp³-hybridized carbons (Fsp3) is 0.600. The standard InChI is InChI=1S/C10H11F3N2O/c1-6(10(11,12)13)16-8-4-5-14-9(15-8)7-2-3-7/h4-7H,2-3H2,1H3. The molecule has 1 atom stereocenters. The molecule has 0 amide bonds. The van der Waals surface area contributed by atoms with Gasteiger partial charge in [0.05, 0.1) is 0 Å². The highest BCUT2D eigenvalue weighted by atomic mass is 19.4. The number of aromatic nitrogens is 2. The van der Waals surface area contributed by atoms with Crippen molar-refractivity contribution >= 4 is 0 Å². The number of rotatable bonds is 3. The van der Waals surface area contributed by atoms with E-state index < -0.39 is 12.3 Å². The van der Waals surface area contributed by atoms with Crippen molar-refractivity contribution < 1.29 is 17.9 Å². The number of nitrogens with zero attached hydrogens (tertiary/aromatic N) is 2. The molecule has 88 valence electrons. The van der Waals surface area contributed by atoms with Crippen molar-refractivity contribution in [3.05, 3.63) is 18.1 Å². The summed E-state index contributed by atoms with van der Waals surface area (Å²) in [6.45, 7) is 0.957. The lowest BCUT2D eigenvalue weighted by Crippen LogP contribution is -2.31. The third kappa shape index (κ3) is 2.62. The molecule has 6 heteroatoms. The van der Waals surface area contributed by atoms with E-state index in [0.717, 1.165) is 19.8 Å². The fourth-order valence-electron chi connectivity index (χ4n) is 1.21. The van der Waals surface area contributed by atoms with E-state index in [1.54, 1.807) is 0 Å². The average molecular weight is 232 g/mol. The molecule has 0 radical (unpaired) electrons. The highest BCUT2D eigenvalue weighted by Gasteiger charge is 2.38. The van der Waals surface area contributed by atoms with Gasteiger partial charge in [-0.2, -0.15) is 18.2 Å². The molecule has 3 nitrogen and oxygen atoms in total. The summed E-state index contributed by atoms with van der Waals surface area (Å²) in [7, 11) is 0. The molecule has 0 bridgehead atoms. The molecule has 0 saturated heterocycles. The van der Waals surface area contributed by atoms with E-state index in [1.165, 1.54) is 12.3 Å². The van der Waals surface area contributed by atoms with Gasteiger partial charge in [0, 0.05) is 18.2 Å². The zero-order chi connectivity index (χ0) is 11.8. The number of hydrogen-bond acceptors (Lipinski definition) is 3. The summed E-state index contributed by atoms with van der Waals surface area (Å²) < 4.78 is 41.4. The lowest BCUT2D eigenvalue weighted by atomic mass is 10.4. The first-order chi connectivity index (χ1) is 7.47. The van der Waals surface area contributed by atoms with Gasteiger partial charge in [-0.1, -0.05) is 0 Å². The Morgan fingerprint density at radius 2 is 2.12 bits per heavy atom. The predicted octanol–water partition coefficient (Wildman–Crippen LogP) is 2.68. The molecule has 1 aromatic rings. The van der Waals surface area contributed by atoms with Gasteiger partial charge in [-0.25, -0.2) is 4.98 Å². The summed E-state index contributed by atoms with van der Waals surface area (Å²) in [5, 5.41) is 0. The monoisotopic (exact) mass is 232 g/mol. The van der Waals surface area contributed by atoms with Gasteiger partial charge in [-0.3, -0.25) is 0 Å². The molecule has 0 spiro atoms. The fourth-order valence-corrected chi connectivity index (χ4v) is 1.21. The Kier molecular flexibility index (Phi) is 2.73. The number of alkyl halides is 3. The second kappa shape index (κ2) is 3.92. The van der Waals surface area contributed by atoms with E-state index in [0.29, 0.717) is 11.7 Å². The molecule has 16 heavy (non-hydrogen) atoms. The second-order valence-corrected chi connectivity index (χ2v) is 3.83. The molecule has 0 N–H and O–H groups in total. The maximum atomic E-state index is 12.2. The van der Waals surface area contributed by atoms with Crippen molar-refractivity contribution in [2.45, 2.75) is 38.0 Å². The molecule has 1 aromatic heterocycles. The highest BCUT2D eigenvalue weighted by Crippen LogP contribution is 2.38. The van der Waals surface area contributed by atoms with E-state index in [2.05, 4.69) is 9.97 Å². The van der Waals surface area contributed by atoms with Gasteiger partial charge in [-0.05, 0) is 19.8 Å². The maximum Gasteiger partial charge on any atom is 0.425 e. The van der Waals surface area contributed by atoms with E-state index >= 15 is 0 Å². The molecular weight excluding hydrogens is 221 g/mol. The molecule has 1 fully saturated rings. The van der Waals surface area contributed by atoms with Crippen molar-refractivity contribution in [2.24, 2.45) is 0 Å². The van der Waals surface area contributed by atoms with Crippen molar-refractivity contribution in [3.8, 4) is 5.88 Å². The first-order valence-corrected chi connectivity index (χ1v) is 5.03. The summed E-state index contributed by atoms with van der Waals surface area (Å²) in [5.74, 6) is 0.860. The Labute approximate surface area is 90.7 Å². The smallest absolute Gasteiger partial charge is 0.425 e. The summed E-state index contributed by atoms with van der Waals surface area (Å²) in [5.41, 5.74) is 0. The van der Waals surface area contributed by atoms with Crippen LogP contribution in [0.4, 0.5) is 13.2 Å². The third-order valence-corrected chi connectivity index (χ3v) is 2.35. The molecule has 1 aliphatic rings. The van der Waals surface area contributed by atoms with Gasteiger partial charge >= 0.3 is 6.18 Å². The minimum atomic E-state index is -4.37. The average Bonchev–Trinajstić information content (AvgIpc) is 2.99. The van der Waals surface area contributed by atoms with Crippen LogP contribution in [0.3, 0.4) is 0 Å². The van der Waals surface area contributed by atoms with E-state index in [-0.39, 0.29) is 5.88 Å². The third-order valence-electron chi connectivity index (χ3n) is 2.35.